The molecule has 1 atom stereocenters. The molecule has 1 unspecified atom stereocenters. The topological polar surface area (TPSA) is 36.4 Å². The molecule has 0 N–H and O–H groups in total. The van der Waals surface area contributed by atoms with Gasteiger partial charge in [-0.2, -0.15) is 0 Å². The van der Waals surface area contributed by atoms with E-state index in [-0.39, 0.29) is 6.04 Å². The fourth-order valence-electron chi connectivity index (χ4n) is 3.18. The van der Waals surface area contributed by atoms with Gasteiger partial charge >= 0.3 is 0 Å². The van der Waals surface area contributed by atoms with Crippen molar-refractivity contribution in [2.75, 3.05) is 24.5 Å². The number of nitrogens with zero attached hydrogens (tertiary/aromatic N) is 3. The Bertz CT molecular complexity index is 426. The summed E-state index contributed by atoms with van der Waals surface area (Å²) in [7, 11) is 0. The van der Waals surface area contributed by atoms with Crippen molar-refractivity contribution < 1.29 is 4.79 Å². The summed E-state index contributed by atoms with van der Waals surface area (Å²) >= 11 is 0. The van der Waals surface area contributed by atoms with Gasteiger partial charge in [-0.05, 0) is 43.7 Å². The van der Waals surface area contributed by atoms with E-state index < -0.39 is 0 Å². The highest BCUT2D eigenvalue weighted by molar-refractivity contribution is 5.50. The van der Waals surface area contributed by atoms with E-state index in [4.69, 9.17) is 0 Å². The second-order valence-electron chi connectivity index (χ2n) is 5.50. The maximum Gasteiger partial charge on any atom is 0.210 e. The molecule has 0 aliphatic carbocycles. The number of likely N-dealkylation sites (tertiary alicyclic amines) is 1. The molecule has 0 aromatic carbocycles. The SMILES string of the molecule is O=CN1CCCC1c1ccc(N2CCCCC2)nc1. The monoisotopic (exact) mass is 259 g/mol. The number of pyridine rings is 1. The van der Waals surface area contributed by atoms with Crippen molar-refractivity contribution in [1.29, 1.82) is 0 Å². The third kappa shape index (κ3) is 2.57. The van der Waals surface area contributed by atoms with Gasteiger partial charge in [0.05, 0.1) is 6.04 Å². The smallest absolute Gasteiger partial charge is 0.210 e. The van der Waals surface area contributed by atoms with E-state index in [1.54, 1.807) is 0 Å². The van der Waals surface area contributed by atoms with Crippen molar-refractivity contribution in [1.82, 2.24) is 9.88 Å². The molecule has 1 aromatic rings. The maximum atomic E-state index is 11.0. The average Bonchev–Trinajstić information content (AvgIpc) is 2.97. The van der Waals surface area contributed by atoms with E-state index in [2.05, 4.69) is 22.0 Å². The number of carbonyl (C=O) groups excluding carboxylic acids is 1. The molecule has 19 heavy (non-hydrogen) atoms. The molecule has 102 valence electrons. The second-order valence-corrected chi connectivity index (χ2v) is 5.50. The highest BCUT2D eigenvalue weighted by Gasteiger charge is 2.25. The summed E-state index contributed by atoms with van der Waals surface area (Å²) < 4.78 is 0. The zero-order valence-corrected chi connectivity index (χ0v) is 11.3. The normalized spacial score (nSPS) is 23.7. The number of anilines is 1. The largest absolute Gasteiger partial charge is 0.357 e. The van der Waals surface area contributed by atoms with Crippen molar-refractivity contribution in [2.45, 2.75) is 38.1 Å². The van der Waals surface area contributed by atoms with Crippen LogP contribution < -0.4 is 4.90 Å². The van der Waals surface area contributed by atoms with Crippen LogP contribution >= 0.6 is 0 Å². The van der Waals surface area contributed by atoms with Crippen LogP contribution in [0.4, 0.5) is 5.82 Å². The zero-order chi connectivity index (χ0) is 13.1. The Balaban J connectivity index is 1.73. The Morgan fingerprint density at radius 2 is 1.95 bits per heavy atom. The molecule has 2 fully saturated rings. The first-order chi connectivity index (χ1) is 9.38. The summed E-state index contributed by atoms with van der Waals surface area (Å²) in [5.41, 5.74) is 1.17. The van der Waals surface area contributed by atoms with E-state index in [1.807, 2.05) is 11.1 Å². The minimum absolute atomic E-state index is 0.236. The van der Waals surface area contributed by atoms with Crippen molar-refractivity contribution in [3.8, 4) is 0 Å². The Kier molecular flexibility index (Phi) is 3.67. The molecule has 3 heterocycles. The second kappa shape index (κ2) is 5.59. The number of hydrogen-bond acceptors (Lipinski definition) is 3. The molecule has 0 spiro atoms. The number of amides is 1. The molecule has 2 aliphatic heterocycles. The summed E-state index contributed by atoms with van der Waals surface area (Å²) in [6.45, 7) is 3.12. The third-order valence-corrected chi connectivity index (χ3v) is 4.27. The summed E-state index contributed by atoms with van der Waals surface area (Å²) in [6.07, 6.45) is 8.95. The minimum atomic E-state index is 0.236. The van der Waals surface area contributed by atoms with Gasteiger partial charge in [-0.25, -0.2) is 4.98 Å². The first kappa shape index (κ1) is 12.5. The van der Waals surface area contributed by atoms with Gasteiger partial charge in [0, 0.05) is 25.8 Å². The Hall–Kier alpha value is -1.58. The number of carbonyl (C=O) groups is 1. The predicted octanol–water partition coefficient (Wildman–Crippen LogP) is 2.37. The first-order valence-corrected chi connectivity index (χ1v) is 7.30. The van der Waals surface area contributed by atoms with Crippen molar-refractivity contribution in [3.63, 3.8) is 0 Å². The van der Waals surface area contributed by atoms with Crippen LogP contribution in [0.1, 0.15) is 43.7 Å². The summed E-state index contributed by atoms with van der Waals surface area (Å²) in [5.74, 6) is 1.08. The number of aromatic nitrogens is 1. The molecule has 4 nitrogen and oxygen atoms in total. The first-order valence-electron chi connectivity index (χ1n) is 7.30. The fraction of sp³-hybridized carbons (Fsp3) is 0.600. The van der Waals surface area contributed by atoms with Crippen LogP contribution in [0, 0.1) is 0 Å². The molecule has 2 aliphatic rings. The van der Waals surface area contributed by atoms with Crippen LogP contribution in [0.2, 0.25) is 0 Å². The van der Waals surface area contributed by atoms with Gasteiger partial charge in [0.15, 0.2) is 0 Å². The van der Waals surface area contributed by atoms with Crippen molar-refractivity contribution in [2.24, 2.45) is 0 Å². The zero-order valence-electron chi connectivity index (χ0n) is 11.3. The summed E-state index contributed by atoms with van der Waals surface area (Å²) in [4.78, 5) is 19.8. The average molecular weight is 259 g/mol. The molecule has 0 bridgehead atoms. The van der Waals surface area contributed by atoms with E-state index in [0.29, 0.717) is 0 Å². The molecule has 4 heteroatoms. The Morgan fingerprint density at radius 3 is 2.63 bits per heavy atom. The summed E-state index contributed by atoms with van der Waals surface area (Å²) in [5, 5.41) is 0. The van der Waals surface area contributed by atoms with Crippen molar-refractivity contribution >= 4 is 12.2 Å². The van der Waals surface area contributed by atoms with Crippen LogP contribution in [0.3, 0.4) is 0 Å². The van der Waals surface area contributed by atoms with Gasteiger partial charge in [-0.3, -0.25) is 4.79 Å². The van der Waals surface area contributed by atoms with Crippen molar-refractivity contribution in [3.05, 3.63) is 23.9 Å². The number of hydrogen-bond donors (Lipinski definition) is 0. The van der Waals surface area contributed by atoms with Crippen LogP contribution in [-0.4, -0.2) is 35.9 Å². The van der Waals surface area contributed by atoms with E-state index in [9.17, 15) is 4.79 Å². The quantitative estimate of drug-likeness (QED) is 0.782. The molecule has 1 amide bonds. The van der Waals surface area contributed by atoms with E-state index >= 15 is 0 Å². The maximum absolute atomic E-state index is 11.0. The summed E-state index contributed by atoms with van der Waals surface area (Å²) in [6, 6.07) is 4.49. The van der Waals surface area contributed by atoms with Crippen LogP contribution in [0.5, 0.6) is 0 Å². The lowest BCUT2D eigenvalue weighted by Crippen LogP contribution is -2.30. The molecule has 0 radical (unpaired) electrons. The van der Waals surface area contributed by atoms with Crippen LogP contribution in [0.15, 0.2) is 18.3 Å². The van der Waals surface area contributed by atoms with Gasteiger partial charge < -0.3 is 9.80 Å². The van der Waals surface area contributed by atoms with E-state index in [1.165, 1.54) is 24.8 Å². The van der Waals surface area contributed by atoms with Crippen LogP contribution in [-0.2, 0) is 4.79 Å². The molecular weight excluding hydrogens is 238 g/mol. The Morgan fingerprint density at radius 1 is 1.11 bits per heavy atom. The highest BCUT2D eigenvalue weighted by Crippen LogP contribution is 2.30. The van der Waals surface area contributed by atoms with Gasteiger partial charge in [-0.1, -0.05) is 6.07 Å². The molecule has 2 saturated heterocycles. The third-order valence-electron chi connectivity index (χ3n) is 4.27. The molecular formula is C15H21N3O. The molecule has 0 saturated carbocycles. The van der Waals surface area contributed by atoms with E-state index in [0.717, 1.165) is 44.7 Å². The minimum Gasteiger partial charge on any atom is -0.357 e. The lowest BCUT2D eigenvalue weighted by molar-refractivity contribution is -0.118. The van der Waals surface area contributed by atoms with Gasteiger partial charge in [-0.15, -0.1) is 0 Å². The molecule has 3 rings (SSSR count). The van der Waals surface area contributed by atoms with Gasteiger partial charge in [0.1, 0.15) is 5.82 Å². The van der Waals surface area contributed by atoms with Gasteiger partial charge in [0.25, 0.3) is 0 Å². The lowest BCUT2D eigenvalue weighted by atomic mass is 10.1. The molecule has 1 aromatic heterocycles. The standard InChI is InChI=1S/C15H21N3O/c19-12-18-10-4-5-14(18)13-6-7-15(16-11-13)17-8-2-1-3-9-17/h6-7,11-12,14H,1-5,8-10H2. The number of rotatable bonds is 3. The Labute approximate surface area is 114 Å². The lowest BCUT2D eigenvalue weighted by Gasteiger charge is -2.28. The fourth-order valence-corrected chi connectivity index (χ4v) is 3.18. The van der Waals surface area contributed by atoms with Crippen LogP contribution in [0.25, 0.3) is 0 Å². The highest BCUT2D eigenvalue weighted by atomic mass is 16.1. The predicted molar refractivity (Wildman–Crippen MR) is 75.0 cm³/mol. The van der Waals surface area contributed by atoms with Gasteiger partial charge in [0.2, 0.25) is 6.41 Å². The number of piperidine rings is 1.